The molecule has 0 bridgehead atoms. The summed E-state index contributed by atoms with van der Waals surface area (Å²) in [7, 11) is 0. The van der Waals surface area contributed by atoms with E-state index in [1.165, 1.54) is 5.56 Å². The molecule has 0 N–H and O–H groups in total. The summed E-state index contributed by atoms with van der Waals surface area (Å²) in [6.07, 6.45) is 0. The van der Waals surface area contributed by atoms with Gasteiger partial charge < -0.3 is 0 Å². The third-order valence-corrected chi connectivity index (χ3v) is 0.940. The first kappa shape index (κ1) is 11.3. The molecule has 9 heavy (non-hydrogen) atoms. The van der Waals surface area contributed by atoms with Crippen molar-refractivity contribution in [3.63, 3.8) is 0 Å². The van der Waals surface area contributed by atoms with Crippen LogP contribution in [0.3, 0.4) is 0 Å². The van der Waals surface area contributed by atoms with Gasteiger partial charge in [0.15, 0.2) is 0 Å². The number of hydrogen-bond donors (Lipinski definition) is 0. The van der Waals surface area contributed by atoms with Gasteiger partial charge in [0, 0.05) is 0 Å². The Morgan fingerprint density at radius 2 is 1.44 bits per heavy atom. The van der Waals surface area contributed by atoms with Crippen molar-refractivity contribution < 1.29 is 4.70 Å². The Morgan fingerprint density at radius 1 is 1.00 bits per heavy atom. The molecule has 1 aromatic rings. The van der Waals surface area contributed by atoms with E-state index < -0.39 is 0 Å². The van der Waals surface area contributed by atoms with Crippen LogP contribution in [0, 0.1) is 6.92 Å². The Balaban J connectivity index is 0. The highest BCUT2D eigenvalue weighted by Gasteiger charge is 1.72. The van der Waals surface area contributed by atoms with Crippen LogP contribution in [-0.4, -0.2) is 0 Å². The highest BCUT2D eigenvalue weighted by atomic mass is 35.5. The van der Waals surface area contributed by atoms with Crippen LogP contribution in [0.5, 0.6) is 0 Å². The molecule has 0 aliphatic carbocycles. The van der Waals surface area contributed by atoms with E-state index in [1.54, 1.807) is 0 Å². The minimum absolute atomic E-state index is 0. The van der Waals surface area contributed by atoms with E-state index >= 15 is 0 Å². The van der Waals surface area contributed by atoms with Crippen molar-refractivity contribution in [2.45, 2.75) is 6.92 Å². The van der Waals surface area contributed by atoms with Crippen LogP contribution in [0.1, 0.15) is 5.56 Å². The van der Waals surface area contributed by atoms with Gasteiger partial charge in [-0.2, -0.15) is 0 Å². The molecule has 0 radical (unpaired) electrons. The molecule has 0 aliphatic heterocycles. The maximum Gasteiger partial charge on any atom is -0.0398 e. The first-order valence-corrected chi connectivity index (χ1v) is 2.41. The molecule has 0 fully saturated rings. The zero-order chi connectivity index (χ0) is 5.11. The molecule has 52 valence electrons. The monoisotopic (exact) mass is 148 g/mol. The third kappa shape index (κ3) is 3.98. The summed E-state index contributed by atoms with van der Waals surface area (Å²) in [5, 5.41) is 0. The summed E-state index contributed by atoms with van der Waals surface area (Å²) >= 11 is 0. The van der Waals surface area contributed by atoms with Crippen LogP contribution >= 0.6 is 12.4 Å². The number of halogens is 2. The van der Waals surface area contributed by atoms with Crippen molar-refractivity contribution in [3.05, 3.63) is 35.9 Å². The van der Waals surface area contributed by atoms with Crippen molar-refractivity contribution in [3.8, 4) is 0 Å². The van der Waals surface area contributed by atoms with Crippen molar-refractivity contribution in [2.24, 2.45) is 0 Å². The fourth-order valence-electron chi connectivity index (χ4n) is 0.534. The molecule has 0 atom stereocenters. The average Bonchev–Trinajstić information content (AvgIpc) is 1.69. The van der Waals surface area contributed by atoms with Gasteiger partial charge in [0.25, 0.3) is 0 Å². The van der Waals surface area contributed by atoms with E-state index in [4.69, 9.17) is 0 Å². The first-order valence-electron chi connectivity index (χ1n) is 2.41. The van der Waals surface area contributed by atoms with Gasteiger partial charge in [0.2, 0.25) is 0 Å². The van der Waals surface area contributed by atoms with Crippen LogP contribution in [0.2, 0.25) is 0 Å². The standard InChI is InChI=1S/C7H8.ClH.FH/c1-7-5-3-2-4-6-7;;/h2-6H,1H3;2*1H. The lowest BCUT2D eigenvalue weighted by atomic mass is 10.2. The topological polar surface area (TPSA) is 0 Å². The highest BCUT2D eigenvalue weighted by Crippen LogP contribution is 1.92. The van der Waals surface area contributed by atoms with E-state index in [0.29, 0.717) is 0 Å². The normalized spacial score (nSPS) is 6.78. The SMILES string of the molecule is Cc1ccccc1.Cl.F. The zero-order valence-electron chi connectivity index (χ0n) is 5.20. The van der Waals surface area contributed by atoms with Crippen LogP contribution in [-0.2, 0) is 0 Å². The molecule has 0 heterocycles. The summed E-state index contributed by atoms with van der Waals surface area (Å²) in [6.45, 7) is 2.08. The minimum atomic E-state index is 0. The minimum Gasteiger partial charge on any atom is -0.269 e. The van der Waals surface area contributed by atoms with E-state index in [-0.39, 0.29) is 17.1 Å². The van der Waals surface area contributed by atoms with Gasteiger partial charge in [-0.15, -0.1) is 12.4 Å². The second-order valence-corrected chi connectivity index (χ2v) is 1.65. The van der Waals surface area contributed by atoms with Gasteiger partial charge in [-0.05, 0) is 6.92 Å². The molecule has 2 heteroatoms. The Bertz CT molecular complexity index is 139. The van der Waals surface area contributed by atoms with Crippen LogP contribution in [0.15, 0.2) is 30.3 Å². The van der Waals surface area contributed by atoms with Gasteiger partial charge in [-0.3, -0.25) is 4.70 Å². The number of hydrogen-bond acceptors (Lipinski definition) is 0. The maximum atomic E-state index is 2.08. The number of aryl methyl sites for hydroxylation is 1. The highest BCUT2D eigenvalue weighted by molar-refractivity contribution is 5.85. The fraction of sp³-hybridized carbons (Fsp3) is 0.143. The molecule has 1 aromatic carbocycles. The molecule has 0 aromatic heterocycles. The molecule has 0 aliphatic rings. The number of rotatable bonds is 0. The van der Waals surface area contributed by atoms with Gasteiger partial charge in [-0.1, -0.05) is 35.9 Å². The molecule has 0 spiro atoms. The van der Waals surface area contributed by atoms with Crippen LogP contribution in [0.4, 0.5) is 4.70 Å². The van der Waals surface area contributed by atoms with Crippen LogP contribution in [0.25, 0.3) is 0 Å². The lowest BCUT2D eigenvalue weighted by Crippen LogP contribution is -1.62. The summed E-state index contributed by atoms with van der Waals surface area (Å²) in [5.41, 5.74) is 1.32. The second-order valence-electron chi connectivity index (χ2n) is 1.65. The van der Waals surface area contributed by atoms with Crippen molar-refractivity contribution in [1.29, 1.82) is 0 Å². The molecule has 0 nitrogen and oxygen atoms in total. The summed E-state index contributed by atoms with van der Waals surface area (Å²) in [4.78, 5) is 0. The summed E-state index contributed by atoms with van der Waals surface area (Å²) in [5.74, 6) is 0. The Labute approximate surface area is 60.7 Å². The van der Waals surface area contributed by atoms with Crippen LogP contribution < -0.4 is 0 Å². The Kier molecular flexibility index (Phi) is 6.98. The molecule has 0 saturated carbocycles. The lowest BCUT2D eigenvalue weighted by molar-refractivity contribution is 1.11. The molecule has 0 unspecified atom stereocenters. The molecular weight excluding hydrogens is 139 g/mol. The molecular formula is C7H10ClF. The fourth-order valence-corrected chi connectivity index (χ4v) is 0.534. The van der Waals surface area contributed by atoms with Crippen molar-refractivity contribution in [2.75, 3.05) is 0 Å². The van der Waals surface area contributed by atoms with Gasteiger partial charge in [0.05, 0.1) is 0 Å². The smallest absolute Gasteiger partial charge is 0.0398 e. The van der Waals surface area contributed by atoms with E-state index in [2.05, 4.69) is 19.1 Å². The largest absolute Gasteiger partial charge is 0.269 e. The summed E-state index contributed by atoms with van der Waals surface area (Å²) in [6, 6.07) is 10.3. The first-order chi connectivity index (χ1) is 3.39. The maximum absolute atomic E-state index is 2.08. The van der Waals surface area contributed by atoms with Gasteiger partial charge in [-0.25, -0.2) is 0 Å². The zero-order valence-corrected chi connectivity index (χ0v) is 6.02. The average molecular weight is 149 g/mol. The Morgan fingerprint density at radius 3 is 1.67 bits per heavy atom. The predicted molar refractivity (Wildman–Crippen MR) is 40.9 cm³/mol. The Hall–Kier alpha value is -0.560. The second kappa shape index (κ2) is 5.57. The quantitative estimate of drug-likeness (QED) is 0.531. The van der Waals surface area contributed by atoms with Crippen molar-refractivity contribution in [1.82, 2.24) is 0 Å². The van der Waals surface area contributed by atoms with E-state index in [0.717, 1.165) is 0 Å². The molecule has 1 rings (SSSR count). The van der Waals surface area contributed by atoms with Gasteiger partial charge >= 0.3 is 0 Å². The lowest BCUT2D eigenvalue weighted by Gasteiger charge is -1.82. The van der Waals surface area contributed by atoms with E-state index in [9.17, 15) is 0 Å². The third-order valence-electron chi connectivity index (χ3n) is 0.940. The molecule has 0 saturated heterocycles. The predicted octanol–water partition coefficient (Wildman–Crippen LogP) is 2.57. The summed E-state index contributed by atoms with van der Waals surface area (Å²) < 4.78 is 0. The number of benzene rings is 1. The molecule has 0 amide bonds. The van der Waals surface area contributed by atoms with E-state index in [1.807, 2.05) is 18.2 Å². The van der Waals surface area contributed by atoms with Crippen molar-refractivity contribution >= 4 is 12.4 Å². The van der Waals surface area contributed by atoms with Gasteiger partial charge in [0.1, 0.15) is 0 Å².